The van der Waals surface area contributed by atoms with Crippen molar-refractivity contribution in [2.24, 2.45) is 17.8 Å². The molecule has 0 radical (unpaired) electrons. The molecule has 4 atom stereocenters. The molecule has 58 heavy (non-hydrogen) atoms. The van der Waals surface area contributed by atoms with E-state index in [1.165, 1.54) is 22.3 Å². The molecule has 314 valence electrons. The summed E-state index contributed by atoms with van der Waals surface area (Å²) in [5.41, 5.74) is 8.99. The minimum atomic E-state index is -0.178. The zero-order chi connectivity index (χ0) is 41.9. The van der Waals surface area contributed by atoms with Crippen molar-refractivity contribution in [3.05, 3.63) is 117 Å². The SMILES string of the molecule is CCC(C)c1cc(C2(c3ccc(O)c(C(C)CC)c3)CCC(C(C)C3CCC(c4ccc(O)c(C(C)CC)c4)(c4ccc(O)c(C(C)CC)c4)CC3)CC2)ccc1O. The summed E-state index contributed by atoms with van der Waals surface area (Å²) in [7, 11) is 0. The lowest BCUT2D eigenvalue weighted by Crippen LogP contribution is -2.39. The van der Waals surface area contributed by atoms with Crippen molar-refractivity contribution in [1.82, 2.24) is 0 Å². The fourth-order valence-corrected chi connectivity index (χ4v) is 11.1. The van der Waals surface area contributed by atoms with Gasteiger partial charge in [0.2, 0.25) is 0 Å². The third kappa shape index (κ3) is 8.28. The summed E-state index contributed by atoms with van der Waals surface area (Å²) in [5, 5.41) is 43.9. The van der Waals surface area contributed by atoms with Crippen LogP contribution in [0, 0.1) is 17.8 Å². The number of benzene rings is 4. The molecule has 6 rings (SSSR count). The Morgan fingerprint density at radius 3 is 0.845 bits per heavy atom. The third-order valence-corrected chi connectivity index (χ3v) is 16.1. The van der Waals surface area contributed by atoms with Crippen LogP contribution < -0.4 is 0 Å². The monoisotopic (exact) mass is 787 g/mol. The molecule has 2 saturated carbocycles. The predicted octanol–water partition coefficient (Wildman–Crippen LogP) is 14.9. The fourth-order valence-electron chi connectivity index (χ4n) is 11.1. The summed E-state index contributed by atoms with van der Waals surface area (Å²) in [4.78, 5) is 0. The average molecular weight is 787 g/mol. The van der Waals surface area contributed by atoms with E-state index in [0.717, 1.165) is 99.3 Å². The molecule has 4 N–H and O–H groups in total. The first kappa shape index (κ1) is 43.7. The Labute approximate surface area is 351 Å². The zero-order valence-corrected chi connectivity index (χ0v) is 37.2. The summed E-state index contributed by atoms with van der Waals surface area (Å²) in [6, 6.07) is 25.6. The van der Waals surface area contributed by atoms with Gasteiger partial charge >= 0.3 is 0 Å². The third-order valence-electron chi connectivity index (χ3n) is 16.1. The van der Waals surface area contributed by atoms with Gasteiger partial charge in [-0.3, -0.25) is 0 Å². The quantitative estimate of drug-likeness (QED) is 0.103. The van der Waals surface area contributed by atoms with Gasteiger partial charge in [-0.1, -0.05) is 111 Å². The van der Waals surface area contributed by atoms with Crippen LogP contribution in [0.15, 0.2) is 72.8 Å². The molecule has 4 nitrogen and oxygen atoms in total. The van der Waals surface area contributed by atoms with Crippen LogP contribution in [0.1, 0.15) is 208 Å². The lowest BCUT2D eigenvalue weighted by molar-refractivity contribution is 0.120. The number of hydrogen-bond donors (Lipinski definition) is 4. The molecule has 0 saturated heterocycles. The summed E-state index contributed by atoms with van der Waals surface area (Å²) in [5.74, 6) is 4.49. The Hall–Kier alpha value is -3.92. The number of phenolic OH excluding ortho intramolecular Hbond substituents is 4. The van der Waals surface area contributed by atoms with E-state index < -0.39 is 0 Å². The van der Waals surface area contributed by atoms with Crippen molar-refractivity contribution in [1.29, 1.82) is 0 Å². The van der Waals surface area contributed by atoms with Gasteiger partial charge < -0.3 is 20.4 Å². The standard InChI is InChI=1S/C54H74O4/c1-10-34(5)45-30-41(14-18-49(45)55)53(42-15-19-50(56)46(31-42)35(6)11-2)26-22-39(23-27-53)38(9)40-24-28-54(29-25-40,43-16-20-51(57)47(32-43)36(7)12-3)44-17-21-52(58)48(33-44)37(8)13-4/h14-21,30-40,55-58H,10-13,22-29H2,1-9H3. The van der Waals surface area contributed by atoms with Crippen molar-refractivity contribution >= 4 is 0 Å². The molecule has 2 aliphatic rings. The maximum Gasteiger partial charge on any atom is 0.119 e. The Kier molecular flexibility index (Phi) is 13.7. The van der Waals surface area contributed by atoms with Crippen molar-refractivity contribution in [2.75, 3.05) is 0 Å². The first-order valence-corrected chi connectivity index (χ1v) is 23.1. The largest absolute Gasteiger partial charge is 0.508 e. The second kappa shape index (κ2) is 18.1. The van der Waals surface area contributed by atoms with Crippen LogP contribution in [0.3, 0.4) is 0 Å². The molecule has 0 aromatic heterocycles. The Balaban J connectivity index is 1.30. The van der Waals surface area contributed by atoms with E-state index in [1.54, 1.807) is 0 Å². The molecule has 0 amide bonds. The lowest BCUT2D eigenvalue weighted by Gasteiger charge is -2.47. The summed E-state index contributed by atoms with van der Waals surface area (Å²) >= 11 is 0. The van der Waals surface area contributed by atoms with Gasteiger partial charge in [-0.25, -0.2) is 0 Å². The van der Waals surface area contributed by atoms with E-state index in [4.69, 9.17) is 0 Å². The van der Waals surface area contributed by atoms with Crippen LogP contribution in [0.5, 0.6) is 23.0 Å². The van der Waals surface area contributed by atoms with Crippen LogP contribution in [0.2, 0.25) is 0 Å². The van der Waals surface area contributed by atoms with Gasteiger partial charge in [-0.2, -0.15) is 0 Å². The minimum Gasteiger partial charge on any atom is -0.508 e. The Morgan fingerprint density at radius 2 is 0.638 bits per heavy atom. The second-order valence-electron chi connectivity index (χ2n) is 19.0. The molecule has 4 aromatic rings. The first-order valence-electron chi connectivity index (χ1n) is 23.1. The Bertz CT molecular complexity index is 1730. The van der Waals surface area contributed by atoms with Gasteiger partial charge in [0.15, 0.2) is 0 Å². The minimum absolute atomic E-state index is 0.178. The highest BCUT2D eigenvalue weighted by Gasteiger charge is 2.45. The molecule has 2 fully saturated rings. The first-order chi connectivity index (χ1) is 27.7. The van der Waals surface area contributed by atoms with Gasteiger partial charge in [-0.15, -0.1) is 0 Å². The van der Waals surface area contributed by atoms with E-state index in [-0.39, 0.29) is 34.5 Å². The molecular weight excluding hydrogens is 713 g/mol. The topological polar surface area (TPSA) is 80.9 Å². The molecule has 0 bridgehead atoms. The van der Waals surface area contributed by atoms with E-state index in [0.29, 0.717) is 40.8 Å². The lowest BCUT2D eigenvalue weighted by atomic mass is 9.57. The fraction of sp³-hybridized carbons (Fsp3) is 0.556. The summed E-state index contributed by atoms with van der Waals surface area (Å²) < 4.78 is 0. The van der Waals surface area contributed by atoms with Gasteiger partial charge in [0.25, 0.3) is 0 Å². The van der Waals surface area contributed by atoms with Gasteiger partial charge in [-0.05, 0) is 187 Å². The van der Waals surface area contributed by atoms with Crippen LogP contribution in [0.25, 0.3) is 0 Å². The molecule has 4 heteroatoms. The highest BCUT2D eigenvalue weighted by molar-refractivity contribution is 5.51. The van der Waals surface area contributed by atoms with Crippen LogP contribution >= 0.6 is 0 Å². The summed E-state index contributed by atoms with van der Waals surface area (Å²) in [6.45, 7) is 20.1. The molecule has 2 aliphatic carbocycles. The van der Waals surface area contributed by atoms with E-state index in [1.807, 2.05) is 24.3 Å². The van der Waals surface area contributed by atoms with Gasteiger partial charge in [0.1, 0.15) is 23.0 Å². The number of hydrogen-bond acceptors (Lipinski definition) is 4. The van der Waals surface area contributed by atoms with Gasteiger partial charge in [0, 0.05) is 10.8 Å². The van der Waals surface area contributed by atoms with Crippen molar-refractivity contribution < 1.29 is 20.4 Å². The zero-order valence-electron chi connectivity index (χ0n) is 37.2. The molecule has 0 aliphatic heterocycles. The second-order valence-corrected chi connectivity index (χ2v) is 19.0. The smallest absolute Gasteiger partial charge is 0.119 e. The highest BCUT2D eigenvalue weighted by Crippen LogP contribution is 2.55. The Morgan fingerprint density at radius 1 is 0.414 bits per heavy atom. The van der Waals surface area contributed by atoms with Crippen molar-refractivity contribution in [3.63, 3.8) is 0 Å². The maximum absolute atomic E-state index is 11.0. The highest BCUT2D eigenvalue weighted by atomic mass is 16.3. The van der Waals surface area contributed by atoms with Crippen LogP contribution in [-0.2, 0) is 10.8 Å². The van der Waals surface area contributed by atoms with E-state index in [2.05, 4.69) is 111 Å². The average Bonchev–Trinajstić information content (AvgIpc) is 3.25. The molecular formula is C54H74O4. The van der Waals surface area contributed by atoms with Crippen LogP contribution in [-0.4, -0.2) is 20.4 Å². The predicted molar refractivity (Wildman–Crippen MR) is 242 cm³/mol. The van der Waals surface area contributed by atoms with E-state index >= 15 is 0 Å². The van der Waals surface area contributed by atoms with Crippen LogP contribution in [0.4, 0.5) is 0 Å². The van der Waals surface area contributed by atoms with Crippen molar-refractivity contribution in [2.45, 2.75) is 174 Å². The number of rotatable bonds is 14. The van der Waals surface area contributed by atoms with Gasteiger partial charge in [0.05, 0.1) is 0 Å². The van der Waals surface area contributed by atoms with E-state index in [9.17, 15) is 20.4 Å². The molecule has 4 unspecified atom stereocenters. The summed E-state index contributed by atoms with van der Waals surface area (Å²) in [6.07, 6.45) is 12.7. The maximum atomic E-state index is 11.0. The van der Waals surface area contributed by atoms with Crippen molar-refractivity contribution in [3.8, 4) is 23.0 Å². The number of phenols is 4. The normalized spacial score (nSPS) is 25.1. The molecule has 0 heterocycles. The molecule has 0 spiro atoms. The number of aromatic hydroxyl groups is 4. The molecule has 4 aromatic carbocycles.